The molecule has 0 bridgehead atoms. The molecule has 0 unspecified atom stereocenters. The molecule has 2 rings (SSSR count). The molecule has 122 valence electrons. The van der Waals surface area contributed by atoms with E-state index in [1.54, 1.807) is 0 Å². The van der Waals surface area contributed by atoms with Crippen molar-refractivity contribution in [2.75, 3.05) is 26.0 Å². The minimum atomic E-state index is -3.21. The van der Waals surface area contributed by atoms with Gasteiger partial charge in [-0.2, -0.15) is 0 Å². The van der Waals surface area contributed by atoms with Crippen LogP contribution in [-0.2, 0) is 19.6 Å². The minimum absolute atomic E-state index is 0.00882. The van der Waals surface area contributed by atoms with Gasteiger partial charge in [-0.15, -0.1) is 0 Å². The van der Waals surface area contributed by atoms with E-state index in [-0.39, 0.29) is 18.1 Å². The van der Waals surface area contributed by atoms with Crippen LogP contribution in [-0.4, -0.2) is 57.3 Å². The zero-order chi connectivity index (χ0) is 15.3. The van der Waals surface area contributed by atoms with Crippen LogP contribution < -0.4 is 4.72 Å². The molecule has 7 heteroatoms. The van der Waals surface area contributed by atoms with Gasteiger partial charge in [0, 0.05) is 32.2 Å². The van der Waals surface area contributed by atoms with Gasteiger partial charge < -0.3 is 9.64 Å². The van der Waals surface area contributed by atoms with Gasteiger partial charge in [0.05, 0.1) is 12.4 Å². The third-order valence-corrected chi connectivity index (χ3v) is 4.92. The lowest BCUT2D eigenvalue weighted by atomic mass is 10.0. The van der Waals surface area contributed by atoms with Crippen molar-refractivity contribution in [3.05, 3.63) is 0 Å². The summed E-state index contributed by atoms with van der Waals surface area (Å²) in [5.41, 5.74) is 0. The molecule has 0 aromatic rings. The molecule has 2 saturated heterocycles. The van der Waals surface area contributed by atoms with Gasteiger partial charge in [0.1, 0.15) is 0 Å². The zero-order valence-electron chi connectivity index (χ0n) is 12.7. The van der Waals surface area contributed by atoms with Crippen molar-refractivity contribution >= 4 is 15.9 Å². The number of nitrogens with one attached hydrogen (secondary N) is 1. The fourth-order valence-electron chi connectivity index (χ4n) is 3.09. The van der Waals surface area contributed by atoms with Crippen molar-refractivity contribution in [2.24, 2.45) is 0 Å². The number of ether oxygens (including phenoxy) is 1. The lowest BCUT2D eigenvalue weighted by molar-refractivity contribution is -0.135. The number of likely N-dealkylation sites (tertiary alicyclic amines) is 1. The number of amides is 1. The molecule has 2 fully saturated rings. The fourth-order valence-corrected chi connectivity index (χ4v) is 3.58. The molecule has 1 N–H and O–H groups in total. The van der Waals surface area contributed by atoms with E-state index in [2.05, 4.69) is 4.72 Å². The second-order valence-corrected chi connectivity index (χ2v) is 7.86. The van der Waals surface area contributed by atoms with Crippen molar-refractivity contribution in [1.82, 2.24) is 9.62 Å². The lowest BCUT2D eigenvalue weighted by Gasteiger charge is -2.36. The number of sulfonamides is 1. The van der Waals surface area contributed by atoms with Crippen LogP contribution in [0.3, 0.4) is 0 Å². The van der Waals surface area contributed by atoms with E-state index in [1.165, 1.54) is 0 Å². The van der Waals surface area contributed by atoms with Crippen LogP contribution in [0.2, 0.25) is 0 Å². The van der Waals surface area contributed by atoms with Crippen LogP contribution in [0.25, 0.3) is 0 Å². The number of piperidine rings is 1. The van der Waals surface area contributed by atoms with Gasteiger partial charge in [0.2, 0.25) is 15.9 Å². The fraction of sp³-hybridized carbons (Fsp3) is 0.929. The van der Waals surface area contributed by atoms with Crippen molar-refractivity contribution in [2.45, 2.75) is 57.1 Å². The molecular weight excluding hydrogens is 292 g/mol. The van der Waals surface area contributed by atoms with Gasteiger partial charge in [0.25, 0.3) is 0 Å². The van der Waals surface area contributed by atoms with E-state index in [9.17, 15) is 13.2 Å². The number of nitrogens with zero attached hydrogens (tertiary/aromatic N) is 1. The highest BCUT2D eigenvalue weighted by Gasteiger charge is 2.28. The molecule has 6 nitrogen and oxygen atoms in total. The molecule has 0 spiro atoms. The first-order valence-electron chi connectivity index (χ1n) is 7.81. The first kappa shape index (κ1) is 16.7. The average molecular weight is 318 g/mol. The van der Waals surface area contributed by atoms with Crippen LogP contribution in [0.4, 0.5) is 0 Å². The summed E-state index contributed by atoms with van der Waals surface area (Å²) in [6.07, 6.45) is 7.71. The first-order valence-corrected chi connectivity index (χ1v) is 9.70. The molecule has 0 aromatic heterocycles. The Kier molecular flexibility index (Phi) is 6.01. The summed E-state index contributed by atoms with van der Waals surface area (Å²) >= 11 is 0. The number of carbonyl (C=O) groups excluding carboxylic acids is 1. The number of hydrogen-bond donors (Lipinski definition) is 1. The molecule has 0 aliphatic carbocycles. The maximum Gasteiger partial charge on any atom is 0.222 e. The highest BCUT2D eigenvalue weighted by Crippen LogP contribution is 2.21. The van der Waals surface area contributed by atoms with Crippen LogP contribution in [0.15, 0.2) is 0 Å². The predicted molar refractivity (Wildman–Crippen MR) is 80.4 cm³/mol. The second kappa shape index (κ2) is 7.56. The van der Waals surface area contributed by atoms with Crippen LogP contribution in [0.5, 0.6) is 0 Å². The molecule has 21 heavy (non-hydrogen) atoms. The Labute approximate surface area is 127 Å². The second-order valence-electron chi connectivity index (χ2n) is 6.03. The van der Waals surface area contributed by atoms with E-state index < -0.39 is 10.0 Å². The third kappa shape index (κ3) is 5.56. The maximum atomic E-state index is 12.4. The van der Waals surface area contributed by atoms with Crippen LogP contribution in [0.1, 0.15) is 44.9 Å². The minimum Gasteiger partial charge on any atom is -0.378 e. The Morgan fingerprint density at radius 2 is 2.10 bits per heavy atom. The monoisotopic (exact) mass is 318 g/mol. The van der Waals surface area contributed by atoms with Crippen LogP contribution >= 0.6 is 0 Å². The molecule has 2 atom stereocenters. The number of carbonyl (C=O) groups is 1. The van der Waals surface area contributed by atoms with Crippen molar-refractivity contribution in [3.8, 4) is 0 Å². The Hall–Kier alpha value is -0.660. The molecule has 2 aliphatic rings. The van der Waals surface area contributed by atoms with E-state index in [1.807, 2.05) is 4.90 Å². The van der Waals surface area contributed by atoms with Gasteiger partial charge in [-0.3, -0.25) is 4.79 Å². The van der Waals surface area contributed by atoms with E-state index in [4.69, 9.17) is 4.74 Å². The summed E-state index contributed by atoms with van der Waals surface area (Å²) in [5, 5.41) is 0. The summed E-state index contributed by atoms with van der Waals surface area (Å²) < 4.78 is 30.5. The Balaban J connectivity index is 1.83. The van der Waals surface area contributed by atoms with Gasteiger partial charge in [0.15, 0.2) is 0 Å². The highest BCUT2D eigenvalue weighted by molar-refractivity contribution is 7.88. The van der Waals surface area contributed by atoms with Crippen molar-refractivity contribution in [3.63, 3.8) is 0 Å². The summed E-state index contributed by atoms with van der Waals surface area (Å²) in [6, 6.07) is -0.00882. The number of hydrogen-bond acceptors (Lipinski definition) is 4. The Morgan fingerprint density at radius 3 is 2.76 bits per heavy atom. The summed E-state index contributed by atoms with van der Waals surface area (Å²) in [5.74, 6) is 0.130. The molecule has 0 radical (unpaired) electrons. The summed E-state index contributed by atoms with van der Waals surface area (Å²) in [7, 11) is -3.21. The zero-order valence-corrected chi connectivity index (χ0v) is 13.5. The molecule has 0 aromatic carbocycles. The van der Waals surface area contributed by atoms with Crippen molar-refractivity contribution in [1.29, 1.82) is 0 Å². The average Bonchev–Trinajstić information content (AvgIpc) is 2.95. The Bertz CT molecular complexity index is 446. The van der Waals surface area contributed by atoms with Gasteiger partial charge in [-0.25, -0.2) is 13.1 Å². The Morgan fingerprint density at radius 1 is 1.29 bits per heavy atom. The van der Waals surface area contributed by atoms with E-state index in [0.29, 0.717) is 13.0 Å². The summed E-state index contributed by atoms with van der Waals surface area (Å²) in [6.45, 7) is 1.87. The first-order chi connectivity index (χ1) is 9.96. The standard InChI is InChI=1S/C14H26N2O4S/c1-21(18,19)15-11-12-5-2-3-9-16(12)14(17)8-7-13-6-4-10-20-13/h12-13,15H,2-11H2,1H3/t12-,13+/m1/s1. The van der Waals surface area contributed by atoms with Gasteiger partial charge in [-0.05, 0) is 38.5 Å². The topological polar surface area (TPSA) is 75.7 Å². The van der Waals surface area contributed by atoms with E-state index in [0.717, 1.165) is 57.9 Å². The van der Waals surface area contributed by atoms with Gasteiger partial charge in [-0.1, -0.05) is 0 Å². The summed E-state index contributed by atoms with van der Waals surface area (Å²) in [4.78, 5) is 14.2. The van der Waals surface area contributed by atoms with E-state index >= 15 is 0 Å². The van der Waals surface area contributed by atoms with Crippen LogP contribution in [0, 0.1) is 0 Å². The molecule has 1 amide bonds. The molecular formula is C14H26N2O4S. The van der Waals surface area contributed by atoms with Crippen molar-refractivity contribution < 1.29 is 17.9 Å². The molecule has 2 heterocycles. The van der Waals surface area contributed by atoms with Gasteiger partial charge >= 0.3 is 0 Å². The highest BCUT2D eigenvalue weighted by atomic mass is 32.2. The normalized spacial score (nSPS) is 27.0. The predicted octanol–water partition coefficient (Wildman–Crippen LogP) is 0.876. The molecule has 0 saturated carbocycles. The largest absolute Gasteiger partial charge is 0.378 e. The SMILES string of the molecule is CS(=O)(=O)NC[C@H]1CCCCN1C(=O)CC[C@@H]1CCCO1. The molecule has 2 aliphatic heterocycles. The number of rotatable bonds is 6. The lowest BCUT2D eigenvalue weighted by Crippen LogP contribution is -2.49. The maximum absolute atomic E-state index is 12.4. The quantitative estimate of drug-likeness (QED) is 0.789. The third-order valence-electron chi connectivity index (χ3n) is 4.23. The smallest absolute Gasteiger partial charge is 0.222 e.